The lowest BCUT2D eigenvalue weighted by atomic mass is 10.1. The highest BCUT2D eigenvalue weighted by atomic mass is 79.9. The third-order valence-corrected chi connectivity index (χ3v) is 4.64. The average Bonchev–Trinajstić information content (AvgIpc) is 2.58. The molecule has 6 heteroatoms. The number of nitrogens with one attached hydrogen (secondary N) is 1. The zero-order valence-electron chi connectivity index (χ0n) is 12.6. The molecule has 24 heavy (non-hydrogen) atoms. The van der Waals surface area contributed by atoms with Gasteiger partial charge in [0.1, 0.15) is 11.6 Å². The van der Waals surface area contributed by atoms with Crippen molar-refractivity contribution >= 4 is 49.9 Å². The second kappa shape index (κ2) is 6.79. The Morgan fingerprint density at radius 1 is 1.21 bits per heavy atom. The number of hydrogen-bond acceptors (Lipinski definition) is 2. The maximum Gasteiger partial charge on any atom is 0.259 e. The van der Waals surface area contributed by atoms with Crippen LogP contribution in [0.4, 0.5) is 10.1 Å². The second-order valence-electron chi connectivity index (χ2n) is 5.08. The Bertz CT molecular complexity index is 946. The number of halogens is 3. The fraction of sp³-hybridized carbons (Fsp3) is 0.0556. The smallest absolute Gasteiger partial charge is 0.259 e. The molecule has 0 aliphatic rings. The van der Waals surface area contributed by atoms with Crippen LogP contribution < -0.4 is 10.1 Å². The van der Waals surface area contributed by atoms with Crippen LogP contribution in [-0.2, 0) is 0 Å². The molecule has 0 heterocycles. The number of ether oxygens (including phenoxy) is 1. The summed E-state index contributed by atoms with van der Waals surface area (Å²) in [7, 11) is 1.50. The highest BCUT2D eigenvalue weighted by Gasteiger charge is 2.18. The molecule has 3 aromatic rings. The Hall–Kier alpha value is -2.11. The molecule has 1 amide bonds. The molecule has 0 fully saturated rings. The van der Waals surface area contributed by atoms with Crippen LogP contribution in [0.15, 0.2) is 53.0 Å². The Balaban J connectivity index is 2.04. The van der Waals surface area contributed by atoms with Gasteiger partial charge in [0.05, 0.1) is 22.2 Å². The van der Waals surface area contributed by atoms with Gasteiger partial charge in [0.15, 0.2) is 0 Å². The highest BCUT2D eigenvalue weighted by molar-refractivity contribution is 9.10. The number of carbonyl (C=O) groups excluding carboxylic acids is 1. The predicted octanol–water partition coefficient (Wildman–Crippen LogP) is 5.66. The van der Waals surface area contributed by atoms with Crippen molar-refractivity contribution < 1.29 is 13.9 Å². The van der Waals surface area contributed by atoms with Gasteiger partial charge in [-0.25, -0.2) is 4.39 Å². The van der Waals surface area contributed by atoms with Crippen LogP contribution in [0.25, 0.3) is 10.8 Å². The van der Waals surface area contributed by atoms with Crippen molar-refractivity contribution in [3.63, 3.8) is 0 Å². The van der Waals surface area contributed by atoms with E-state index in [9.17, 15) is 9.18 Å². The maximum absolute atomic E-state index is 13.2. The summed E-state index contributed by atoms with van der Waals surface area (Å²) in [6, 6.07) is 13.4. The average molecular weight is 409 g/mol. The van der Waals surface area contributed by atoms with E-state index >= 15 is 0 Å². The third kappa shape index (κ3) is 3.09. The molecule has 0 aliphatic heterocycles. The summed E-state index contributed by atoms with van der Waals surface area (Å²) in [6.45, 7) is 0. The van der Waals surface area contributed by atoms with Crippen molar-refractivity contribution in [2.24, 2.45) is 0 Å². The van der Waals surface area contributed by atoms with Crippen molar-refractivity contribution in [2.75, 3.05) is 12.4 Å². The summed E-state index contributed by atoms with van der Waals surface area (Å²) in [6.07, 6.45) is 0. The fourth-order valence-corrected chi connectivity index (χ4v) is 3.34. The van der Waals surface area contributed by atoms with Crippen LogP contribution in [-0.4, -0.2) is 13.0 Å². The molecule has 0 spiro atoms. The van der Waals surface area contributed by atoms with Crippen molar-refractivity contribution in [3.05, 3.63) is 69.4 Å². The maximum atomic E-state index is 13.2. The molecule has 3 nitrogen and oxygen atoms in total. The van der Waals surface area contributed by atoms with E-state index in [4.69, 9.17) is 16.3 Å². The van der Waals surface area contributed by atoms with Crippen LogP contribution in [0.2, 0.25) is 5.02 Å². The molecule has 0 aliphatic carbocycles. The van der Waals surface area contributed by atoms with Gasteiger partial charge in [0, 0.05) is 5.69 Å². The minimum atomic E-state index is -0.541. The first-order valence-corrected chi connectivity index (χ1v) is 8.20. The summed E-state index contributed by atoms with van der Waals surface area (Å²) in [5.74, 6) is -0.485. The number of methoxy groups -OCH3 is 1. The first-order chi connectivity index (χ1) is 11.5. The number of anilines is 1. The molecule has 0 atom stereocenters. The summed E-state index contributed by atoms with van der Waals surface area (Å²) in [4.78, 5) is 12.6. The Kier molecular flexibility index (Phi) is 4.73. The fourth-order valence-electron chi connectivity index (χ4n) is 2.42. The topological polar surface area (TPSA) is 38.3 Å². The minimum Gasteiger partial charge on any atom is -0.495 e. The van der Waals surface area contributed by atoms with Crippen molar-refractivity contribution in [3.8, 4) is 5.75 Å². The largest absolute Gasteiger partial charge is 0.495 e. The molecule has 0 aromatic heterocycles. The van der Waals surface area contributed by atoms with Crippen LogP contribution in [0.1, 0.15) is 10.4 Å². The van der Waals surface area contributed by atoms with Crippen LogP contribution in [0, 0.1) is 5.82 Å². The summed E-state index contributed by atoms with van der Waals surface area (Å²) in [5, 5.41) is 4.48. The van der Waals surface area contributed by atoms with Gasteiger partial charge in [-0.1, -0.05) is 35.9 Å². The lowest BCUT2D eigenvalue weighted by molar-refractivity contribution is 0.102. The van der Waals surface area contributed by atoms with E-state index in [0.29, 0.717) is 21.5 Å². The van der Waals surface area contributed by atoms with Gasteiger partial charge in [0.2, 0.25) is 0 Å². The number of rotatable bonds is 3. The zero-order valence-corrected chi connectivity index (χ0v) is 14.9. The lowest BCUT2D eigenvalue weighted by Gasteiger charge is -2.13. The van der Waals surface area contributed by atoms with E-state index in [1.54, 1.807) is 6.07 Å². The molecule has 0 radical (unpaired) electrons. The molecule has 3 aromatic carbocycles. The van der Waals surface area contributed by atoms with Gasteiger partial charge in [-0.2, -0.15) is 0 Å². The van der Waals surface area contributed by atoms with Gasteiger partial charge < -0.3 is 10.1 Å². The number of benzene rings is 3. The Labute approximate surface area is 151 Å². The molecule has 0 bridgehead atoms. The predicted molar refractivity (Wildman–Crippen MR) is 97.6 cm³/mol. The van der Waals surface area contributed by atoms with E-state index in [1.807, 2.05) is 24.3 Å². The summed E-state index contributed by atoms with van der Waals surface area (Å²) >= 11 is 9.24. The van der Waals surface area contributed by atoms with Crippen molar-refractivity contribution in [1.82, 2.24) is 0 Å². The van der Waals surface area contributed by atoms with E-state index in [0.717, 1.165) is 10.8 Å². The molecular formula is C18H12BrClFNO2. The molecule has 0 saturated heterocycles. The van der Waals surface area contributed by atoms with Gasteiger partial charge in [0.25, 0.3) is 5.91 Å². The number of amides is 1. The van der Waals surface area contributed by atoms with Crippen LogP contribution >= 0.6 is 27.5 Å². The Morgan fingerprint density at radius 3 is 2.67 bits per heavy atom. The lowest BCUT2D eigenvalue weighted by Crippen LogP contribution is -2.13. The summed E-state index contributed by atoms with van der Waals surface area (Å²) in [5.41, 5.74) is 0.765. The van der Waals surface area contributed by atoms with Gasteiger partial charge >= 0.3 is 0 Å². The molecule has 122 valence electrons. The number of carbonyl (C=O) groups is 1. The number of hydrogen-bond donors (Lipinski definition) is 1. The quantitative estimate of drug-likeness (QED) is 0.607. The van der Waals surface area contributed by atoms with Gasteiger partial charge in [-0.15, -0.1) is 0 Å². The molecule has 0 unspecified atom stereocenters. The monoisotopic (exact) mass is 407 g/mol. The molecule has 1 N–H and O–H groups in total. The third-order valence-electron chi connectivity index (χ3n) is 3.57. The molecular weight excluding hydrogens is 397 g/mol. The van der Waals surface area contributed by atoms with Crippen LogP contribution in [0.3, 0.4) is 0 Å². The SMILES string of the molecule is COc1c(C(=O)Nc2ccc(F)c(Cl)c2)cc2ccccc2c1Br. The van der Waals surface area contributed by atoms with E-state index in [1.165, 1.54) is 25.3 Å². The van der Waals surface area contributed by atoms with E-state index in [2.05, 4.69) is 21.2 Å². The zero-order chi connectivity index (χ0) is 17.3. The van der Waals surface area contributed by atoms with E-state index < -0.39 is 5.82 Å². The minimum absolute atomic E-state index is 0.0561. The second-order valence-corrected chi connectivity index (χ2v) is 6.28. The van der Waals surface area contributed by atoms with Crippen molar-refractivity contribution in [2.45, 2.75) is 0 Å². The molecule has 0 saturated carbocycles. The molecule has 3 rings (SSSR count). The summed E-state index contributed by atoms with van der Waals surface area (Å²) < 4.78 is 19.3. The Morgan fingerprint density at radius 2 is 1.96 bits per heavy atom. The van der Waals surface area contributed by atoms with E-state index in [-0.39, 0.29) is 10.9 Å². The number of fused-ring (bicyclic) bond motifs is 1. The van der Waals surface area contributed by atoms with Crippen LogP contribution in [0.5, 0.6) is 5.75 Å². The van der Waals surface area contributed by atoms with Crippen molar-refractivity contribution in [1.29, 1.82) is 0 Å². The first-order valence-electron chi connectivity index (χ1n) is 7.03. The standard InChI is InChI=1S/C18H12BrClFNO2/c1-24-17-13(8-10-4-2-3-5-12(10)16(17)19)18(23)22-11-6-7-15(21)14(20)9-11/h2-9H,1H3,(H,22,23). The van der Waals surface area contributed by atoms with Gasteiger partial charge in [-0.05, 0) is 51.0 Å². The normalized spacial score (nSPS) is 10.7. The highest BCUT2D eigenvalue weighted by Crippen LogP contribution is 2.37. The first kappa shape index (κ1) is 16.7. The van der Waals surface area contributed by atoms with Gasteiger partial charge in [-0.3, -0.25) is 4.79 Å².